The van der Waals surface area contributed by atoms with Crippen molar-refractivity contribution in [2.75, 3.05) is 13.6 Å². The Hall–Kier alpha value is -0.530. The van der Waals surface area contributed by atoms with Gasteiger partial charge in [0.1, 0.15) is 0 Å². The highest BCUT2D eigenvalue weighted by Crippen LogP contribution is 2.42. The molecule has 74 valence electrons. The minimum Gasteiger partial charge on any atom is -0.345 e. The number of rotatable bonds is 1. The van der Waals surface area contributed by atoms with Gasteiger partial charge in [-0.15, -0.1) is 0 Å². The molecule has 1 aliphatic heterocycles. The zero-order valence-corrected chi connectivity index (χ0v) is 8.62. The minimum absolute atomic E-state index is 0.359. The average molecular weight is 181 g/mol. The van der Waals surface area contributed by atoms with Crippen LogP contribution in [0.15, 0.2) is 0 Å². The summed E-state index contributed by atoms with van der Waals surface area (Å²) in [7, 11) is 1.94. The SMILES string of the molecule is CCC1C[C@H]2CC(=O)N(C)C[C@H]2C1. The first-order valence-electron chi connectivity index (χ1n) is 5.44. The lowest BCUT2D eigenvalue weighted by atomic mass is 9.88. The highest BCUT2D eigenvalue weighted by atomic mass is 16.2. The number of carbonyl (C=O) groups excluding carboxylic acids is 1. The number of hydrogen-bond acceptors (Lipinski definition) is 1. The van der Waals surface area contributed by atoms with E-state index < -0.39 is 0 Å². The summed E-state index contributed by atoms with van der Waals surface area (Å²) in [6.45, 7) is 3.29. The second-order valence-corrected chi connectivity index (χ2v) is 4.74. The van der Waals surface area contributed by atoms with Gasteiger partial charge >= 0.3 is 0 Å². The summed E-state index contributed by atoms with van der Waals surface area (Å²) in [4.78, 5) is 13.4. The highest BCUT2D eigenvalue weighted by Gasteiger charge is 2.39. The standard InChI is InChI=1S/C11H19NO/c1-3-8-4-9-6-11(13)12(2)7-10(9)5-8/h8-10H,3-7H2,1-2H3/t8?,9-,10+/m0/s1. The molecule has 0 aromatic heterocycles. The van der Waals surface area contributed by atoms with E-state index in [1.165, 1.54) is 19.3 Å². The Balaban J connectivity index is 2.01. The van der Waals surface area contributed by atoms with Crippen LogP contribution < -0.4 is 0 Å². The third-order valence-electron chi connectivity index (χ3n) is 3.89. The Kier molecular flexibility index (Phi) is 2.31. The summed E-state index contributed by atoms with van der Waals surface area (Å²) in [6, 6.07) is 0. The number of hydrogen-bond donors (Lipinski definition) is 0. The maximum absolute atomic E-state index is 11.5. The van der Waals surface area contributed by atoms with Gasteiger partial charge in [0.25, 0.3) is 0 Å². The molecule has 1 aliphatic carbocycles. The molecule has 3 atom stereocenters. The van der Waals surface area contributed by atoms with E-state index in [-0.39, 0.29) is 0 Å². The van der Waals surface area contributed by atoms with Gasteiger partial charge in [0.2, 0.25) is 5.91 Å². The molecule has 2 heteroatoms. The summed E-state index contributed by atoms with van der Waals surface area (Å²) in [5.74, 6) is 2.79. The molecule has 1 unspecified atom stereocenters. The van der Waals surface area contributed by atoms with Crippen LogP contribution in [0.2, 0.25) is 0 Å². The van der Waals surface area contributed by atoms with Crippen LogP contribution >= 0.6 is 0 Å². The lowest BCUT2D eigenvalue weighted by molar-refractivity contribution is -0.134. The zero-order valence-electron chi connectivity index (χ0n) is 8.62. The van der Waals surface area contributed by atoms with Gasteiger partial charge in [-0.3, -0.25) is 4.79 Å². The predicted octanol–water partition coefficient (Wildman–Crippen LogP) is 1.90. The third-order valence-corrected chi connectivity index (χ3v) is 3.89. The zero-order chi connectivity index (χ0) is 9.42. The van der Waals surface area contributed by atoms with Crippen molar-refractivity contribution in [1.82, 2.24) is 4.90 Å². The molecule has 2 nitrogen and oxygen atoms in total. The maximum Gasteiger partial charge on any atom is 0.222 e. The molecule has 2 fully saturated rings. The van der Waals surface area contributed by atoms with E-state index in [9.17, 15) is 4.79 Å². The van der Waals surface area contributed by atoms with E-state index in [2.05, 4.69) is 6.92 Å². The predicted molar refractivity (Wildman–Crippen MR) is 52.2 cm³/mol. The maximum atomic E-state index is 11.5. The van der Waals surface area contributed by atoms with Crippen LogP contribution in [0.4, 0.5) is 0 Å². The summed E-state index contributed by atoms with van der Waals surface area (Å²) in [5.41, 5.74) is 0. The van der Waals surface area contributed by atoms with Crippen LogP contribution in [0.25, 0.3) is 0 Å². The van der Waals surface area contributed by atoms with Crippen LogP contribution in [0, 0.1) is 17.8 Å². The Bertz CT molecular complexity index is 214. The Morgan fingerprint density at radius 2 is 2.08 bits per heavy atom. The van der Waals surface area contributed by atoms with E-state index in [0.29, 0.717) is 11.8 Å². The molecule has 0 aromatic rings. The fourth-order valence-corrected chi connectivity index (χ4v) is 2.98. The van der Waals surface area contributed by atoms with Gasteiger partial charge in [-0.25, -0.2) is 0 Å². The van der Waals surface area contributed by atoms with Gasteiger partial charge in [0.05, 0.1) is 0 Å². The number of fused-ring (bicyclic) bond motifs is 1. The smallest absolute Gasteiger partial charge is 0.222 e. The molecule has 1 saturated heterocycles. The first-order chi connectivity index (χ1) is 6.20. The van der Waals surface area contributed by atoms with E-state index in [4.69, 9.17) is 0 Å². The lowest BCUT2D eigenvalue weighted by Crippen LogP contribution is -2.39. The van der Waals surface area contributed by atoms with Crippen molar-refractivity contribution >= 4 is 5.91 Å². The van der Waals surface area contributed by atoms with Crippen LogP contribution in [-0.4, -0.2) is 24.4 Å². The van der Waals surface area contributed by atoms with Crippen molar-refractivity contribution in [3.05, 3.63) is 0 Å². The molecule has 1 saturated carbocycles. The Morgan fingerprint density at radius 3 is 2.77 bits per heavy atom. The van der Waals surface area contributed by atoms with Gasteiger partial charge in [-0.2, -0.15) is 0 Å². The molecule has 0 bridgehead atoms. The van der Waals surface area contributed by atoms with E-state index >= 15 is 0 Å². The fourth-order valence-electron chi connectivity index (χ4n) is 2.98. The van der Waals surface area contributed by atoms with Crippen molar-refractivity contribution in [2.24, 2.45) is 17.8 Å². The van der Waals surface area contributed by atoms with E-state index in [1.807, 2.05) is 11.9 Å². The van der Waals surface area contributed by atoms with Crippen LogP contribution in [0.3, 0.4) is 0 Å². The second kappa shape index (κ2) is 3.32. The van der Waals surface area contributed by atoms with Gasteiger partial charge in [-0.05, 0) is 30.6 Å². The minimum atomic E-state index is 0.359. The molecule has 2 aliphatic rings. The van der Waals surface area contributed by atoms with E-state index in [1.54, 1.807) is 0 Å². The molecule has 13 heavy (non-hydrogen) atoms. The first-order valence-corrected chi connectivity index (χ1v) is 5.44. The second-order valence-electron chi connectivity index (χ2n) is 4.74. The van der Waals surface area contributed by atoms with Gasteiger partial charge in [-0.1, -0.05) is 13.3 Å². The fraction of sp³-hybridized carbons (Fsp3) is 0.909. The largest absolute Gasteiger partial charge is 0.345 e. The molecular formula is C11H19NO. The lowest BCUT2D eigenvalue weighted by Gasteiger charge is -2.31. The summed E-state index contributed by atoms with van der Waals surface area (Å²) in [5, 5.41) is 0. The van der Waals surface area contributed by atoms with Crippen molar-refractivity contribution in [3.8, 4) is 0 Å². The monoisotopic (exact) mass is 181 g/mol. The molecule has 1 amide bonds. The molecule has 2 rings (SSSR count). The Labute approximate surface area is 80.3 Å². The number of nitrogens with zero attached hydrogens (tertiary/aromatic N) is 1. The van der Waals surface area contributed by atoms with Crippen molar-refractivity contribution in [3.63, 3.8) is 0 Å². The molecule has 0 spiro atoms. The third kappa shape index (κ3) is 1.59. The van der Waals surface area contributed by atoms with Gasteiger partial charge in [0, 0.05) is 20.0 Å². The quantitative estimate of drug-likeness (QED) is 0.605. The molecule has 0 aromatic carbocycles. The normalized spacial score (nSPS) is 39.4. The van der Waals surface area contributed by atoms with Gasteiger partial charge < -0.3 is 4.90 Å². The van der Waals surface area contributed by atoms with Crippen molar-refractivity contribution < 1.29 is 4.79 Å². The van der Waals surface area contributed by atoms with Crippen LogP contribution in [0.1, 0.15) is 32.6 Å². The molecule has 1 heterocycles. The van der Waals surface area contributed by atoms with E-state index in [0.717, 1.165) is 24.8 Å². The summed E-state index contributed by atoms with van der Waals surface area (Å²) >= 11 is 0. The average Bonchev–Trinajstić information content (AvgIpc) is 2.48. The van der Waals surface area contributed by atoms with Crippen molar-refractivity contribution in [1.29, 1.82) is 0 Å². The number of amides is 1. The number of likely N-dealkylation sites (tertiary alicyclic amines) is 1. The molecular weight excluding hydrogens is 162 g/mol. The first kappa shape index (κ1) is 9.04. The molecule has 0 radical (unpaired) electrons. The summed E-state index contributed by atoms with van der Waals surface area (Å²) < 4.78 is 0. The number of carbonyl (C=O) groups is 1. The van der Waals surface area contributed by atoms with Gasteiger partial charge in [0.15, 0.2) is 0 Å². The summed E-state index contributed by atoms with van der Waals surface area (Å²) in [6.07, 6.45) is 4.78. The Morgan fingerprint density at radius 1 is 1.38 bits per heavy atom. The topological polar surface area (TPSA) is 20.3 Å². The van der Waals surface area contributed by atoms with Crippen LogP contribution in [-0.2, 0) is 4.79 Å². The molecule has 0 N–H and O–H groups in total. The highest BCUT2D eigenvalue weighted by molar-refractivity contribution is 5.77. The van der Waals surface area contributed by atoms with Crippen LogP contribution in [0.5, 0.6) is 0 Å². The number of piperidine rings is 1. The van der Waals surface area contributed by atoms with Crippen molar-refractivity contribution in [2.45, 2.75) is 32.6 Å².